The summed E-state index contributed by atoms with van der Waals surface area (Å²) in [6, 6.07) is 6.44. The molecule has 0 radical (unpaired) electrons. The lowest BCUT2D eigenvalue weighted by molar-refractivity contribution is -0.682. The SMILES string of the molecule is CCN(CC)OOSc1ccc2c(c1)C(C)(C)C(=Cc1occ(C)[n+]1C)N2CC. The highest BCUT2D eigenvalue weighted by atomic mass is 32.2. The molecule has 1 aromatic heterocycles. The van der Waals surface area contributed by atoms with E-state index in [4.69, 9.17) is 13.7 Å². The van der Waals surface area contributed by atoms with Crippen LogP contribution in [-0.4, -0.2) is 24.7 Å². The molecule has 6 nitrogen and oxygen atoms in total. The number of hydrogen-bond donors (Lipinski definition) is 0. The minimum atomic E-state index is -0.157. The van der Waals surface area contributed by atoms with Gasteiger partial charge in [0.15, 0.2) is 6.26 Å². The van der Waals surface area contributed by atoms with E-state index in [9.17, 15) is 0 Å². The average Bonchev–Trinajstić information content (AvgIpc) is 3.13. The van der Waals surface area contributed by atoms with Gasteiger partial charge in [0.1, 0.15) is 7.05 Å². The highest BCUT2D eigenvalue weighted by Gasteiger charge is 2.40. The molecule has 0 unspecified atom stereocenters. The third-order valence-corrected chi connectivity index (χ3v) is 6.20. The van der Waals surface area contributed by atoms with Crippen LogP contribution in [0.1, 0.15) is 51.8 Å². The third-order valence-electron chi connectivity index (χ3n) is 5.62. The first-order valence-electron chi connectivity index (χ1n) is 10.2. The second-order valence-electron chi connectivity index (χ2n) is 7.69. The largest absolute Gasteiger partial charge is 0.406 e. The van der Waals surface area contributed by atoms with Gasteiger partial charge in [-0.1, -0.05) is 13.8 Å². The Morgan fingerprint density at radius 3 is 2.55 bits per heavy atom. The highest BCUT2D eigenvalue weighted by molar-refractivity contribution is 7.94. The van der Waals surface area contributed by atoms with Gasteiger partial charge in [-0.15, -0.1) is 9.32 Å². The maximum Gasteiger partial charge on any atom is 0.374 e. The van der Waals surface area contributed by atoms with E-state index in [1.54, 1.807) is 11.3 Å². The van der Waals surface area contributed by atoms with Crippen molar-refractivity contribution in [1.29, 1.82) is 0 Å². The van der Waals surface area contributed by atoms with Gasteiger partial charge in [0.2, 0.25) is 5.69 Å². The maximum absolute atomic E-state index is 5.78. The van der Waals surface area contributed by atoms with Gasteiger partial charge >= 0.3 is 5.89 Å². The molecular weight excluding hydrogens is 386 g/mol. The van der Waals surface area contributed by atoms with Gasteiger partial charge in [-0.05, 0) is 44.5 Å². The van der Waals surface area contributed by atoms with Crippen molar-refractivity contribution in [3.63, 3.8) is 0 Å². The van der Waals surface area contributed by atoms with Gasteiger partial charge in [-0.3, -0.25) is 0 Å². The number of nitrogens with zero attached hydrogens (tertiary/aromatic N) is 3. The van der Waals surface area contributed by atoms with Gasteiger partial charge in [0.05, 0.1) is 18.1 Å². The molecule has 0 saturated carbocycles. The van der Waals surface area contributed by atoms with E-state index >= 15 is 0 Å². The van der Waals surface area contributed by atoms with Crippen molar-refractivity contribution in [3.8, 4) is 0 Å². The number of hydrogen-bond acceptors (Lipinski definition) is 6. The molecule has 2 aromatic rings. The van der Waals surface area contributed by atoms with E-state index in [0.29, 0.717) is 0 Å². The molecule has 3 rings (SSSR count). The number of aryl methyl sites for hydroxylation is 1. The maximum atomic E-state index is 5.78. The van der Waals surface area contributed by atoms with Crippen LogP contribution in [0.4, 0.5) is 5.69 Å². The Morgan fingerprint density at radius 1 is 1.24 bits per heavy atom. The predicted octanol–water partition coefficient (Wildman–Crippen LogP) is 4.78. The second kappa shape index (κ2) is 8.92. The summed E-state index contributed by atoms with van der Waals surface area (Å²) in [4.78, 5) is 8.70. The topological polar surface area (TPSA) is 42.0 Å². The van der Waals surface area contributed by atoms with Crippen LogP contribution >= 0.6 is 12.0 Å². The fourth-order valence-corrected chi connectivity index (χ4v) is 4.14. The zero-order chi connectivity index (χ0) is 21.2. The van der Waals surface area contributed by atoms with E-state index in [1.807, 2.05) is 27.8 Å². The first-order valence-corrected chi connectivity index (χ1v) is 10.9. The Balaban J connectivity index is 1.89. The van der Waals surface area contributed by atoms with E-state index < -0.39 is 0 Å². The number of fused-ring (bicyclic) bond motifs is 1. The monoisotopic (exact) mass is 418 g/mol. The molecule has 2 heterocycles. The molecule has 1 aromatic carbocycles. The van der Waals surface area contributed by atoms with Gasteiger partial charge < -0.3 is 9.32 Å². The quantitative estimate of drug-likeness (QED) is 0.266. The number of benzene rings is 1. The molecular formula is C22H32N3O3S+. The van der Waals surface area contributed by atoms with Gasteiger partial charge in [0.25, 0.3) is 0 Å². The third kappa shape index (κ3) is 4.23. The molecule has 0 fully saturated rings. The van der Waals surface area contributed by atoms with Crippen molar-refractivity contribution >= 4 is 23.8 Å². The minimum absolute atomic E-state index is 0.157. The smallest absolute Gasteiger partial charge is 0.374 e. The molecule has 0 bridgehead atoms. The van der Waals surface area contributed by atoms with Crippen LogP contribution in [0, 0.1) is 6.92 Å². The Hall–Kier alpha value is -1.80. The summed E-state index contributed by atoms with van der Waals surface area (Å²) in [5.41, 5.74) is 4.66. The number of rotatable bonds is 8. The van der Waals surface area contributed by atoms with E-state index in [-0.39, 0.29) is 5.41 Å². The number of allylic oxidation sites excluding steroid dienone is 1. The van der Waals surface area contributed by atoms with Crippen molar-refractivity contribution in [2.75, 3.05) is 24.5 Å². The summed E-state index contributed by atoms with van der Waals surface area (Å²) >= 11 is 1.24. The van der Waals surface area contributed by atoms with E-state index in [1.165, 1.54) is 29.0 Å². The van der Waals surface area contributed by atoms with Gasteiger partial charge in [-0.2, -0.15) is 9.63 Å². The number of likely N-dealkylation sites (N-methyl/N-ethyl adjacent to an activating group) is 1. The van der Waals surface area contributed by atoms with E-state index in [2.05, 4.69) is 54.5 Å². The van der Waals surface area contributed by atoms with Crippen molar-refractivity contribution in [3.05, 3.63) is 47.3 Å². The lowest BCUT2D eigenvalue weighted by Gasteiger charge is -2.25. The first-order chi connectivity index (χ1) is 13.8. The van der Waals surface area contributed by atoms with Crippen LogP contribution in [0.25, 0.3) is 6.08 Å². The highest BCUT2D eigenvalue weighted by Crippen LogP contribution is 2.49. The van der Waals surface area contributed by atoms with Crippen LogP contribution in [0.5, 0.6) is 0 Å². The standard InChI is InChI=1S/C22H32N3O3S/c1-8-24(9-2)27-28-29-17-11-12-19-18(13-17)22(5,6)20(25(19)10-3)14-21-23(7)16(4)15-26-21/h11-15H,8-10H2,1-7H3/q+1. The fraction of sp³-hybridized carbons (Fsp3) is 0.500. The summed E-state index contributed by atoms with van der Waals surface area (Å²) in [6.07, 6.45) is 3.95. The molecule has 158 valence electrons. The lowest BCUT2D eigenvalue weighted by Crippen LogP contribution is -2.33. The van der Waals surface area contributed by atoms with Crippen molar-refractivity contribution in [1.82, 2.24) is 5.06 Å². The molecule has 0 aliphatic carbocycles. The molecule has 0 amide bonds. The summed E-state index contributed by atoms with van der Waals surface area (Å²) in [6.45, 7) is 15.2. The first kappa shape index (κ1) is 21.9. The van der Waals surface area contributed by atoms with Gasteiger partial charge in [0, 0.05) is 48.3 Å². The fourth-order valence-electron chi connectivity index (χ4n) is 3.66. The summed E-state index contributed by atoms with van der Waals surface area (Å²) < 4.78 is 13.2. The van der Waals surface area contributed by atoms with Crippen LogP contribution in [0.15, 0.2) is 39.5 Å². The number of hydroxylamine groups is 2. The number of oxazole rings is 1. The zero-order valence-electron chi connectivity index (χ0n) is 18.5. The van der Waals surface area contributed by atoms with Crippen LogP contribution in [0.2, 0.25) is 0 Å². The normalized spacial score (nSPS) is 16.8. The molecule has 0 N–H and O–H groups in total. The lowest BCUT2D eigenvalue weighted by atomic mass is 9.83. The number of aromatic nitrogens is 1. The summed E-state index contributed by atoms with van der Waals surface area (Å²) in [5.74, 6) is 0.849. The predicted molar refractivity (Wildman–Crippen MR) is 116 cm³/mol. The molecule has 0 atom stereocenters. The summed E-state index contributed by atoms with van der Waals surface area (Å²) in [7, 11) is 2.03. The van der Waals surface area contributed by atoms with Crippen molar-refractivity contribution in [2.24, 2.45) is 7.05 Å². The number of anilines is 1. The van der Waals surface area contributed by atoms with Crippen LogP contribution in [-0.2, 0) is 21.8 Å². The molecule has 29 heavy (non-hydrogen) atoms. The van der Waals surface area contributed by atoms with Crippen molar-refractivity contribution < 1.29 is 18.3 Å². The minimum Gasteiger partial charge on any atom is -0.406 e. The molecule has 0 spiro atoms. The Bertz CT molecular complexity index is 887. The molecule has 7 heteroatoms. The van der Waals surface area contributed by atoms with Crippen LogP contribution in [0.3, 0.4) is 0 Å². The second-order valence-corrected chi connectivity index (χ2v) is 8.47. The molecule has 1 aliphatic heterocycles. The van der Waals surface area contributed by atoms with Gasteiger partial charge in [-0.25, -0.2) is 0 Å². The molecule has 0 saturated heterocycles. The Labute approximate surface area is 178 Å². The summed E-state index contributed by atoms with van der Waals surface area (Å²) in [5, 5.41) is 1.76. The van der Waals surface area contributed by atoms with E-state index in [0.717, 1.165) is 36.1 Å². The molecule has 1 aliphatic rings. The Kier molecular flexibility index (Phi) is 6.73. The zero-order valence-corrected chi connectivity index (χ0v) is 19.3. The Morgan fingerprint density at radius 2 is 1.97 bits per heavy atom. The van der Waals surface area contributed by atoms with Crippen molar-refractivity contribution in [2.45, 2.75) is 51.9 Å². The van der Waals surface area contributed by atoms with Crippen LogP contribution < -0.4 is 9.47 Å². The average molecular weight is 419 g/mol.